The fraction of sp³-hybridized carbons (Fsp3) is 0.464. The van der Waals surface area contributed by atoms with Crippen molar-refractivity contribution in [1.29, 1.82) is 0 Å². The maximum Gasteiger partial charge on any atom is 0.255 e. The average Bonchev–Trinajstić information content (AvgIpc) is 2.81. The van der Waals surface area contributed by atoms with Crippen LogP contribution in [0.5, 0.6) is 0 Å². The Morgan fingerprint density at radius 2 is 1.66 bits per heavy atom. The molecule has 4 bridgehead atoms. The number of amides is 3. The van der Waals surface area contributed by atoms with Crippen molar-refractivity contribution in [2.75, 3.05) is 12.8 Å². The largest absolute Gasteiger partial charge is 0.366 e. The highest BCUT2D eigenvalue weighted by molar-refractivity contribution is 8.00. The number of carbonyl (C=O) groups is 3. The van der Waals surface area contributed by atoms with Gasteiger partial charge in [0.15, 0.2) is 0 Å². The number of carbonyl (C=O) groups excluding carboxylic acids is 3. The second kappa shape index (κ2) is 9.69. The molecule has 184 valence electrons. The van der Waals surface area contributed by atoms with Gasteiger partial charge in [0.25, 0.3) is 5.91 Å². The molecule has 0 radical (unpaired) electrons. The van der Waals surface area contributed by atoms with Crippen LogP contribution < -0.4 is 11.1 Å². The van der Waals surface area contributed by atoms with Crippen molar-refractivity contribution >= 4 is 29.5 Å². The van der Waals surface area contributed by atoms with Gasteiger partial charge in [-0.2, -0.15) is 0 Å². The minimum absolute atomic E-state index is 0.00139. The summed E-state index contributed by atoms with van der Waals surface area (Å²) < 4.78 is 0. The lowest BCUT2D eigenvalue weighted by molar-refractivity contribution is -0.124. The summed E-state index contributed by atoms with van der Waals surface area (Å²) in [6.45, 7) is 0.353. The molecule has 4 aliphatic rings. The highest BCUT2D eigenvalue weighted by Crippen LogP contribution is 2.55. The number of thioether (sulfide) groups is 1. The van der Waals surface area contributed by atoms with E-state index in [1.54, 1.807) is 36.2 Å². The SMILES string of the molecule is CN(Cc1cccc(C(N)=O)c1)C(=O)c1ccccc1SCC(=O)NC12CC3CC(CC(C3)C1)C2. The van der Waals surface area contributed by atoms with Crippen LogP contribution in [-0.2, 0) is 11.3 Å². The first-order valence-corrected chi connectivity index (χ1v) is 13.5. The Kier molecular flexibility index (Phi) is 6.62. The Morgan fingerprint density at radius 1 is 1.00 bits per heavy atom. The maximum atomic E-state index is 13.3. The highest BCUT2D eigenvalue weighted by atomic mass is 32.2. The van der Waals surface area contributed by atoms with Crippen molar-refractivity contribution in [3.8, 4) is 0 Å². The Hall–Kier alpha value is -2.80. The number of benzene rings is 2. The molecule has 7 heteroatoms. The predicted octanol–water partition coefficient (Wildman–Crippen LogP) is 4.23. The second-order valence-electron chi connectivity index (χ2n) is 10.8. The van der Waals surface area contributed by atoms with Gasteiger partial charge < -0.3 is 16.0 Å². The van der Waals surface area contributed by atoms with Crippen molar-refractivity contribution in [1.82, 2.24) is 10.2 Å². The summed E-state index contributed by atoms with van der Waals surface area (Å²) in [4.78, 5) is 40.1. The Bertz CT molecular complexity index is 1110. The molecule has 4 saturated carbocycles. The van der Waals surface area contributed by atoms with Gasteiger partial charge in [0.2, 0.25) is 11.8 Å². The van der Waals surface area contributed by atoms with Gasteiger partial charge >= 0.3 is 0 Å². The molecule has 4 fully saturated rings. The van der Waals surface area contributed by atoms with Crippen molar-refractivity contribution < 1.29 is 14.4 Å². The Morgan fingerprint density at radius 3 is 2.31 bits per heavy atom. The number of nitrogens with two attached hydrogens (primary N) is 1. The Balaban J connectivity index is 1.21. The van der Waals surface area contributed by atoms with E-state index in [0.29, 0.717) is 23.4 Å². The summed E-state index contributed by atoms with van der Waals surface area (Å²) >= 11 is 1.42. The molecule has 4 aliphatic carbocycles. The summed E-state index contributed by atoms with van der Waals surface area (Å²) in [6.07, 6.45) is 7.43. The minimum atomic E-state index is -0.491. The third-order valence-corrected chi connectivity index (χ3v) is 8.97. The first-order valence-electron chi connectivity index (χ1n) is 12.5. The molecule has 0 aliphatic heterocycles. The van der Waals surface area contributed by atoms with E-state index in [1.807, 2.05) is 24.3 Å². The zero-order valence-electron chi connectivity index (χ0n) is 20.2. The van der Waals surface area contributed by atoms with E-state index in [1.165, 1.54) is 31.0 Å². The van der Waals surface area contributed by atoms with Gasteiger partial charge in [0.05, 0.1) is 11.3 Å². The summed E-state index contributed by atoms with van der Waals surface area (Å²) in [7, 11) is 1.74. The van der Waals surface area contributed by atoms with Crippen LogP contribution in [0.1, 0.15) is 64.8 Å². The first-order chi connectivity index (χ1) is 16.8. The maximum absolute atomic E-state index is 13.3. The monoisotopic (exact) mass is 491 g/mol. The van der Waals surface area contributed by atoms with Gasteiger partial charge in [-0.3, -0.25) is 14.4 Å². The first kappa shape index (κ1) is 23.9. The topological polar surface area (TPSA) is 92.5 Å². The van der Waals surface area contributed by atoms with E-state index in [9.17, 15) is 14.4 Å². The molecule has 2 aromatic rings. The van der Waals surface area contributed by atoms with Crippen LogP contribution in [0.4, 0.5) is 0 Å². The van der Waals surface area contributed by atoms with Gasteiger partial charge in [-0.1, -0.05) is 24.3 Å². The molecule has 0 saturated heterocycles. The zero-order chi connectivity index (χ0) is 24.6. The van der Waals surface area contributed by atoms with Crippen LogP contribution in [-0.4, -0.2) is 41.0 Å². The molecule has 0 unspecified atom stereocenters. The van der Waals surface area contributed by atoms with Crippen molar-refractivity contribution in [2.45, 2.75) is 55.5 Å². The van der Waals surface area contributed by atoms with E-state index >= 15 is 0 Å². The van der Waals surface area contributed by atoms with Gasteiger partial charge in [-0.15, -0.1) is 11.8 Å². The average molecular weight is 492 g/mol. The third-order valence-electron chi connectivity index (χ3n) is 7.90. The summed E-state index contributed by atoms with van der Waals surface area (Å²) in [5, 5.41) is 3.42. The third kappa shape index (κ3) is 5.25. The van der Waals surface area contributed by atoms with Gasteiger partial charge in [-0.05, 0) is 86.1 Å². The number of hydrogen-bond donors (Lipinski definition) is 2. The quantitative estimate of drug-likeness (QED) is 0.541. The molecule has 3 amide bonds. The van der Waals surface area contributed by atoms with E-state index in [2.05, 4.69) is 5.32 Å². The van der Waals surface area contributed by atoms with Crippen LogP contribution in [0, 0.1) is 17.8 Å². The van der Waals surface area contributed by atoms with E-state index in [0.717, 1.165) is 47.5 Å². The van der Waals surface area contributed by atoms with Gasteiger partial charge in [-0.25, -0.2) is 0 Å². The summed E-state index contributed by atoms with van der Waals surface area (Å²) in [6, 6.07) is 14.4. The smallest absolute Gasteiger partial charge is 0.255 e. The van der Waals surface area contributed by atoms with Crippen LogP contribution >= 0.6 is 11.8 Å². The molecule has 0 atom stereocenters. The molecule has 0 heterocycles. The molecule has 2 aromatic carbocycles. The highest BCUT2D eigenvalue weighted by Gasteiger charge is 2.51. The molecule has 6 rings (SSSR count). The predicted molar refractivity (Wildman–Crippen MR) is 137 cm³/mol. The molecule has 6 nitrogen and oxygen atoms in total. The van der Waals surface area contributed by atoms with Crippen molar-refractivity contribution in [3.05, 3.63) is 65.2 Å². The van der Waals surface area contributed by atoms with Crippen LogP contribution in [0.25, 0.3) is 0 Å². The Labute approximate surface area is 211 Å². The van der Waals surface area contributed by atoms with E-state index in [4.69, 9.17) is 5.73 Å². The number of nitrogens with zero attached hydrogens (tertiary/aromatic N) is 1. The second-order valence-corrected chi connectivity index (χ2v) is 11.8. The number of nitrogens with one attached hydrogen (secondary N) is 1. The molecule has 35 heavy (non-hydrogen) atoms. The normalized spacial score (nSPS) is 26.4. The molecular weight excluding hydrogens is 458 g/mol. The number of hydrogen-bond acceptors (Lipinski definition) is 4. The molecule has 0 spiro atoms. The van der Waals surface area contributed by atoms with E-state index in [-0.39, 0.29) is 17.4 Å². The van der Waals surface area contributed by atoms with E-state index < -0.39 is 5.91 Å². The fourth-order valence-corrected chi connectivity index (χ4v) is 7.73. The van der Waals surface area contributed by atoms with Crippen LogP contribution in [0.3, 0.4) is 0 Å². The van der Waals surface area contributed by atoms with Crippen molar-refractivity contribution in [3.63, 3.8) is 0 Å². The lowest BCUT2D eigenvalue weighted by Gasteiger charge is -2.56. The van der Waals surface area contributed by atoms with Crippen LogP contribution in [0.2, 0.25) is 0 Å². The zero-order valence-corrected chi connectivity index (χ0v) is 21.0. The standard InChI is InChI=1S/C28H33N3O3S/c1-31(16-18-5-4-6-22(12-18)26(29)33)27(34)23-7-2-3-8-24(23)35-17-25(32)30-28-13-19-9-20(14-28)11-21(10-19)15-28/h2-8,12,19-21H,9-11,13-17H2,1H3,(H2,29,33)(H,30,32). The number of rotatable bonds is 8. The molecular formula is C28H33N3O3S. The fourth-order valence-electron chi connectivity index (χ4n) is 6.88. The number of primary amides is 1. The summed E-state index contributed by atoms with van der Waals surface area (Å²) in [5.74, 6) is 2.10. The van der Waals surface area contributed by atoms with Gasteiger partial charge in [0.1, 0.15) is 0 Å². The summed E-state index contributed by atoms with van der Waals surface area (Å²) in [5.41, 5.74) is 7.21. The lowest BCUT2D eigenvalue weighted by atomic mass is 9.53. The van der Waals surface area contributed by atoms with Crippen molar-refractivity contribution in [2.24, 2.45) is 23.5 Å². The molecule has 3 N–H and O–H groups in total. The van der Waals surface area contributed by atoms with Gasteiger partial charge in [0, 0.05) is 29.6 Å². The van der Waals surface area contributed by atoms with Crippen LogP contribution in [0.15, 0.2) is 53.4 Å². The lowest BCUT2D eigenvalue weighted by Crippen LogP contribution is -2.60. The minimum Gasteiger partial charge on any atom is -0.366 e. The molecule has 0 aromatic heterocycles.